The Balaban J connectivity index is 2.19. The summed E-state index contributed by atoms with van der Waals surface area (Å²) in [6.45, 7) is 9.89. The first-order valence-electron chi connectivity index (χ1n) is 9.14. The number of hydrogen-bond acceptors (Lipinski definition) is 5. The molecule has 1 aliphatic rings. The number of rotatable bonds is 7. The lowest BCUT2D eigenvalue weighted by Crippen LogP contribution is -2.51. The minimum atomic E-state index is -0.254. The average molecular weight is 345 g/mol. The van der Waals surface area contributed by atoms with Crippen LogP contribution in [-0.4, -0.2) is 56.2 Å². The van der Waals surface area contributed by atoms with E-state index >= 15 is 0 Å². The SMILES string of the molecule is CCC1CN(C(C#N)c2ccc(OCC(C)C)c(OC)c2)CCN1C. The fourth-order valence-electron chi connectivity index (χ4n) is 3.24. The van der Waals surface area contributed by atoms with Gasteiger partial charge in [-0.05, 0) is 37.1 Å². The smallest absolute Gasteiger partial charge is 0.161 e. The normalized spacial score (nSPS) is 20.3. The van der Waals surface area contributed by atoms with E-state index in [1.807, 2.05) is 18.2 Å². The van der Waals surface area contributed by atoms with Crippen LogP contribution in [0.3, 0.4) is 0 Å². The molecule has 2 atom stereocenters. The van der Waals surface area contributed by atoms with Crippen molar-refractivity contribution in [3.05, 3.63) is 23.8 Å². The van der Waals surface area contributed by atoms with Crippen LogP contribution in [0.4, 0.5) is 0 Å². The van der Waals surface area contributed by atoms with Gasteiger partial charge >= 0.3 is 0 Å². The predicted octanol–water partition coefficient (Wildman–Crippen LogP) is 3.32. The van der Waals surface area contributed by atoms with E-state index in [1.54, 1.807) is 7.11 Å². The second-order valence-electron chi connectivity index (χ2n) is 7.18. The molecule has 0 saturated carbocycles. The summed E-state index contributed by atoms with van der Waals surface area (Å²) in [7, 11) is 3.81. The standard InChI is InChI=1S/C20H31N3O2/c1-6-17-13-23(10-9-22(17)4)18(12-21)16-7-8-19(20(11-16)24-5)25-14-15(2)3/h7-8,11,15,17-18H,6,9-10,13-14H2,1-5H3. The lowest BCUT2D eigenvalue weighted by Gasteiger charge is -2.41. The highest BCUT2D eigenvalue weighted by molar-refractivity contribution is 5.45. The van der Waals surface area contributed by atoms with E-state index in [-0.39, 0.29) is 6.04 Å². The van der Waals surface area contributed by atoms with Crippen molar-refractivity contribution in [2.24, 2.45) is 5.92 Å². The highest BCUT2D eigenvalue weighted by Crippen LogP contribution is 2.33. The molecular formula is C20H31N3O2. The summed E-state index contributed by atoms with van der Waals surface area (Å²) in [6.07, 6.45) is 1.09. The first-order valence-corrected chi connectivity index (χ1v) is 9.14. The van der Waals surface area contributed by atoms with Crippen LogP contribution in [0.1, 0.15) is 38.8 Å². The number of nitrogens with zero attached hydrogens (tertiary/aromatic N) is 3. The van der Waals surface area contributed by atoms with Crippen LogP contribution in [-0.2, 0) is 0 Å². The first-order chi connectivity index (χ1) is 12.0. The van der Waals surface area contributed by atoms with Crippen molar-refractivity contribution in [2.75, 3.05) is 40.4 Å². The van der Waals surface area contributed by atoms with Crippen LogP contribution in [0.5, 0.6) is 11.5 Å². The van der Waals surface area contributed by atoms with Crippen LogP contribution < -0.4 is 9.47 Å². The third kappa shape index (κ3) is 4.87. The van der Waals surface area contributed by atoms with Gasteiger partial charge in [-0.3, -0.25) is 4.90 Å². The Morgan fingerprint density at radius 1 is 1.28 bits per heavy atom. The van der Waals surface area contributed by atoms with Crippen molar-refractivity contribution in [1.82, 2.24) is 9.80 Å². The van der Waals surface area contributed by atoms with Crippen molar-refractivity contribution < 1.29 is 9.47 Å². The van der Waals surface area contributed by atoms with Gasteiger partial charge in [-0.2, -0.15) is 5.26 Å². The number of methoxy groups -OCH3 is 1. The van der Waals surface area contributed by atoms with Gasteiger partial charge in [0.15, 0.2) is 11.5 Å². The lowest BCUT2D eigenvalue weighted by atomic mass is 10.0. The molecule has 0 spiro atoms. The number of nitriles is 1. The van der Waals surface area contributed by atoms with Gasteiger partial charge in [0.25, 0.3) is 0 Å². The summed E-state index contributed by atoms with van der Waals surface area (Å²) in [5.74, 6) is 1.88. The molecule has 2 rings (SSSR count). The van der Waals surface area contributed by atoms with Crippen molar-refractivity contribution in [3.63, 3.8) is 0 Å². The summed E-state index contributed by atoms with van der Waals surface area (Å²) in [5.41, 5.74) is 0.968. The minimum Gasteiger partial charge on any atom is -0.493 e. The van der Waals surface area contributed by atoms with Crippen molar-refractivity contribution in [3.8, 4) is 17.6 Å². The Kier molecular flexibility index (Phi) is 7.10. The van der Waals surface area contributed by atoms with Crippen LogP contribution >= 0.6 is 0 Å². The molecule has 0 radical (unpaired) electrons. The molecule has 1 fully saturated rings. The molecule has 1 aliphatic heterocycles. The van der Waals surface area contributed by atoms with E-state index in [1.165, 1.54) is 0 Å². The van der Waals surface area contributed by atoms with Crippen molar-refractivity contribution in [2.45, 2.75) is 39.3 Å². The van der Waals surface area contributed by atoms with Crippen LogP contribution in [0.25, 0.3) is 0 Å². The summed E-state index contributed by atoms with van der Waals surface area (Å²) in [4.78, 5) is 4.66. The van der Waals surface area contributed by atoms with Gasteiger partial charge in [0, 0.05) is 25.7 Å². The third-order valence-electron chi connectivity index (χ3n) is 4.84. The second-order valence-corrected chi connectivity index (χ2v) is 7.18. The molecule has 0 bridgehead atoms. The van der Waals surface area contributed by atoms with Crippen LogP contribution in [0, 0.1) is 17.2 Å². The highest BCUT2D eigenvalue weighted by Gasteiger charge is 2.29. The zero-order chi connectivity index (χ0) is 18.4. The van der Waals surface area contributed by atoms with Gasteiger partial charge in [0.1, 0.15) is 6.04 Å². The fraction of sp³-hybridized carbons (Fsp3) is 0.650. The number of hydrogen-bond donors (Lipinski definition) is 0. The maximum atomic E-state index is 9.79. The molecule has 1 aromatic carbocycles. The van der Waals surface area contributed by atoms with E-state index in [0.717, 1.165) is 37.4 Å². The van der Waals surface area contributed by atoms with Gasteiger partial charge in [0.2, 0.25) is 0 Å². The van der Waals surface area contributed by atoms with Gasteiger partial charge in [-0.1, -0.05) is 26.8 Å². The van der Waals surface area contributed by atoms with Gasteiger partial charge in [-0.15, -0.1) is 0 Å². The largest absolute Gasteiger partial charge is 0.493 e. The molecule has 5 heteroatoms. The monoisotopic (exact) mass is 345 g/mol. The number of benzene rings is 1. The second kappa shape index (κ2) is 9.07. The molecular weight excluding hydrogens is 314 g/mol. The Labute approximate surface area is 152 Å². The Hall–Kier alpha value is -1.77. The molecule has 2 unspecified atom stereocenters. The molecule has 25 heavy (non-hydrogen) atoms. The highest BCUT2D eigenvalue weighted by atomic mass is 16.5. The predicted molar refractivity (Wildman–Crippen MR) is 100.0 cm³/mol. The molecule has 1 heterocycles. The Bertz CT molecular complexity index is 597. The van der Waals surface area contributed by atoms with E-state index in [4.69, 9.17) is 9.47 Å². The summed E-state index contributed by atoms with van der Waals surface area (Å²) in [5, 5.41) is 9.79. The van der Waals surface area contributed by atoms with E-state index in [0.29, 0.717) is 24.3 Å². The Morgan fingerprint density at radius 3 is 2.64 bits per heavy atom. The van der Waals surface area contributed by atoms with E-state index < -0.39 is 0 Å². The third-order valence-corrected chi connectivity index (χ3v) is 4.84. The number of likely N-dealkylation sites (N-methyl/N-ethyl adjacent to an activating group) is 1. The van der Waals surface area contributed by atoms with Gasteiger partial charge in [-0.25, -0.2) is 0 Å². The zero-order valence-corrected chi connectivity index (χ0v) is 16.2. The molecule has 0 aromatic heterocycles. The first kappa shape index (κ1) is 19.6. The molecule has 0 amide bonds. The van der Waals surface area contributed by atoms with E-state index in [2.05, 4.69) is 43.7 Å². The van der Waals surface area contributed by atoms with Crippen LogP contribution in [0.2, 0.25) is 0 Å². The molecule has 1 aromatic rings. The van der Waals surface area contributed by atoms with Crippen LogP contribution in [0.15, 0.2) is 18.2 Å². The van der Waals surface area contributed by atoms with Gasteiger partial charge < -0.3 is 14.4 Å². The molecule has 5 nitrogen and oxygen atoms in total. The zero-order valence-electron chi connectivity index (χ0n) is 16.2. The number of ether oxygens (including phenoxy) is 2. The molecule has 1 saturated heterocycles. The fourth-order valence-corrected chi connectivity index (χ4v) is 3.24. The molecule has 0 N–H and O–H groups in total. The van der Waals surface area contributed by atoms with Crippen molar-refractivity contribution >= 4 is 0 Å². The quantitative estimate of drug-likeness (QED) is 0.759. The number of piperazine rings is 1. The van der Waals surface area contributed by atoms with E-state index in [9.17, 15) is 5.26 Å². The summed E-state index contributed by atoms with van der Waals surface area (Å²) < 4.78 is 11.3. The maximum Gasteiger partial charge on any atom is 0.161 e. The minimum absolute atomic E-state index is 0.254. The molecule has 138 valence electrons. The summed E-state index contributed by atoms with van der Waals surface area (Å²) in [6, 6.07) is 8.59. The summed E-state index contributed by atoms with van der Waals surface area (Å²) >= 11 is 0. The van der Waals surface area contributed by atoms with Gasteiger partial charge in [0.05, 0.1) is 19.8 Å². The average Bonchev–Trinajstić information content (AvgIpc) is 2.62. The van der Waals surface area contributed by atoms with Crippen molar-refractivity contribution in [1.29, 1.82) is 5.26 Å². The lowest BCUT2D eigenvalue weighted by molar-refractivity contribution is 0.0772. The maximum absolute atomic E-state index is 9.79. The topological polar surface area (TPSA) is 48.7 Å². The molecule has 0 aliphatic carbocycles. The Morgan fingerprint density at radius 2 is 2.04 bits per heavy atom.